The highest BCUT2D eigenvalue weighted by Crippen LogP contribution is 2.40. The summed E-state index contributed by atoms with van der Waals surface area (Å²) >= 11 is 1.41. The minimum atomic E-state index is -0.166. The number of rotatable bonds is 3. The van der Waals surface area contributed by atoms with Gasteiger partial charge in [0.2, 0.25) is 0 Å². The van der Waals surface area contributed by atoms with E-state index in [1.807, 2.05) is 37.3 Å². The van der Waals surface area contributed by atoms with Crippen LogP contribution in [0.3, 0.4) is 0 Å². The van der Waals surface area contributed by atoms with Gasteiger partial charge >= 0.3 is 0 Å². The van der Waals surface area contributed by atoms with Gasteiger partial charge in [-0.2, -0.15) is 4.37 Å². The molecule has 21 heavy (non-hydrogen) atoms. The molecule has 6 heteroatoms. The SMILES string of the molecule is CC1CN(c2snc(N)c2-c2ccccc2)CC(CO)O1. The Morgan fingerprint density at radius 3 is 2.86 bits per heavy atom. The number of aliphatic hydroxyl groups excluding tert-OH is 1. The quantitative estimate of drug-likeness (QED) is 0.907. The second-order valence-electron chi connectivity index (χ2n) is 5.27. The van der Waals surface area contributed by atoms with E-state index in [1.165, 1.54) is 11.5 Å². The molecule has 1 aliphatic rings. The lowest BCUT2D eigenvalue weighted by Crippen LogP contribution is -2.48. The first kappa shape index (κ1) is 14.3. The zero-order valence-electron chi connectivity index (χ0n) is 11.9. The molecule has 1 aromatic heterocycles. The molecule has 2 unspecified atom stereocenters. The topological polar surface area (TPSA) is 71.6 Å². The number of benzene rings is 1. The fourth-order valence-electron chi connectivity index (χ4n) is 2.70. The number of hydrogen-bond donors (Lipinski definition) is 2. The molecule has 2 aromatic rings. The van der Waals surface area contributed by atoms with Crippen LogP contribution < -0.4 is 10.6 Å². The van der Waals surface area contributed by atoms with Crippen molar-refractivity contribution in [3.8, 4) is 11.1 Å². The van der Waals surface area contributed by atoms with Gasteiger partial charge in [-0.1, -0.05) is 30.3 Å². The molecule has 0 amide bonds. The van der Waals surface area contributed by atoms with Crippen molar-refractivity contribution >= 4 is 22.4 Å². The Morgan fingerprint density at radius 2 is 2.14 bits per heavy atom. The Morgan fingerprint density at radius 1 is 1.38 bits per heavy atom. The molecule has 1 aromatic carbocycles. The fraction of sp³-hybridized carbons (Fsp3) is 0.400. The number of morpholine rings is 1. The lowest BCUT2D eigenvalue weighted by Gasteiger charge is -2.37. The molecule has 3 rings (SSSR count). The van der Waals surface area contributed by atoms with Gasteiger partial charge in [0.15, 0.2) is 0 Å². The first-order chi connectivity index (χ1) is 10.2. The maximum atomic E-state index is 9.38. The Kier molecular flexibility index (Phi) is 4.10. The third-order valence-electron chi connectivity index (χ3n) is 3.58. The number of nitrogen functional groups attached to an aromatic ring is 1. The van der Waals surface area contributed by atoms with E-state index < -0.39 is 0 Å². The van der Waals surface area contributed by atoms with E-state index in [0.29, 0.717) is 12.4 Å². The van der Waals surface area contributed by atoms with Crippen LogP contribution in [-0.4, -0.2) is 41.4 Å². The number of nitrogens with two attached hydrogens (primary N) is 1. The average molecular weight is 305 g/mol. The minimum absolute atomic E-state index is 0.0236. The first-order valence-corrected chi connectivity index (χ1v) is 7.78. The summed E-state index contributed by atoms with van der Waals surface area (Å²) in [6, 6.07) is 10.1. The maximum Gasteiger partial charge on any atom is 0.147 e. The highest BCUT2D eigenvalue weighted by Gasteiger charge is 2.28. The monoisotopic (exact) mass is 305 g/mol. The van der Waals surface area contributed by atoms with Crippen LogP contribution in [0.1, 0.15) is 6.92 Å². The molecule has 1 saturated heterocycles. The predicted molar refractivity (Wildman–Crippen MR) is 85.6 cm³/mol. The van der Waals surface area contributed by atoms with Crippen LogP contribution in [0.2, 0.25) is 0 Å². The van der Waals surface area contributed by atoms with E-state index in [2.05, 4.69) is 9.27 Å². The van der Waals surface area contributed by atoms with Gasteiger partial charge < -0.3 is 20.5 Å². The van der Waals surface area contributed by atoms with Crippen molar-refractivity contribution in [3.63, 3.8) is 0 Å². The molecule has 1 fully saturated rings. The maximum absolute atomic E-state index is 9.38. The lowest BCUT2D eigenvalue weighted by molar-refractivity contribution is -0.0419. The van der Waals surface area contributed by atoms with Crippen molar-refractivity contribution in [1.29, 1.82) is 0 Å². The molecule has 0 aliphatic carbocycles. The highest BCUT2D eigenvalue weighted by atomic mass is 32.1. The predicted octanol–water partition coefficient (Wildman–Crippen LogP) is 1.98. The molecular formula is C15H19N3O2S. The van der Waals surface area contributed by atoms with Gasteiger partial charge in [0.25, 0.3) is 0 Å². The normalized spacial score (nSPS) is 22.5. The van der Waals surface area contributed by atoms with Crippen molar-refractivity contribution in [1.82, 2.24) is 4.37 Å². The Hall–Kier alpha value is -1.63. The van der Waals surface area contributed by atoms with E-state index in [-0.39, 0.29) is 18.8 Å². The third-order valence-corrected chi connectivity index (χ3v) is 4.50. The first-order valence-electron chi connectivity index (χ1n) is 7.01. The van der Waals surface area contributed by atoms with E-state index in [0.717, 1.165) is 22.7 Å². The smallest absolute Gasteiger partial charge is 0.147 e. The third kappa shape index (κ3) is 2.88. The van der Waals surface area contributed by atoms with E-state index in [1.54, 1.807) is 0 Å². The van der Waals surface area contributed by atoms with Crippen molar-refractivity contribution in [3.05, 3.63) is 30.3 Å². The van der Waals surface area contributed by atoms with Crippen molar-refractivity contribution in [2.75, 3.05) is 30.3 Å². The summed E-state index contributed by atoms with van der Waals surface area (Å²) in [7, 11) is 0. The molecule has 0 saturated carbocycles. The largest absolute Gasteiger partial charge is 0.394 e. The van der Waals surface area contributed by atoms with Gasteiger partial charge in [0.1, 0.15) is 10.8 Å². The number of anilines is 2. The summed E-state index contributed by atoms with van der Waals surface area (Å²) in [6.45, 7) is 3.47. The molecule has 0 bridgehead atoms. The van der Waals surface area contributed by atoms with E-state index >= 15 is 0 Å². The summed E-state index contributed by atoms with van der Waals surface area (Å²) in [5.74, 6) is 0.556. The second-order valence-corrected chi connectivity index (χ2v) is 6.02. The zero-order valence-corrected chi connectivity index (χ0v) is 12.7. The molecule has 0 radical (unpaired) electrons. The van der Waals surface area contributed by atoms with Gasteiger partial charge in [-0.15, -0.1) is 0 Å². The van der Waals surface area contributed by atoms with E-state index in [4.69, 9.17) is 10.5 Å². The van der Waals surface area contributed by atoms with Gasteiger partial charge in [-0.25, -0.2) is 0 Å². The number of aromatic nitrogens is 1. The number of hydrogen-bond acceptors (Lipinski definition) is 6. The molecule has 1 aliphatic heterocycles. The molecule has 3 N–H and O–H groups in total. The fourth-order valence-corrected chi connectivity index (χ4v) is 3.55. The second kappa shape index (κ2) is 6.01. The number of aliphatic hydroxyl groups is 1. The van der Waals surface area contributed by atoms with Crippen LogP contribution in [0.25, 0.3) is 11.1 Å². The van der Waals surface area contributed by atoms with Crippen LogP contribution in [0.15, 0.2) is 30.3 Å². The summed E-state index contributed by atoms with van der Waals surface area (Å²) in [4.78, 5) is 2.21. The van der Waals surface area contributed by atoms with Crippen LogP contribution in [0.4, 0.5) is 10.8 Å². The number of nitrogens with zero attached hydrogens (tertiary/aromatic N) is 2. The molecule has 2 heterocycles. The summed E-state index contributed by atoms with van der Waals surface area (Å²) in [6.07, 6.45) is -0.0939. The van der Waals surface area contributed by atoms with Crippen LogP contribution in [0, 0.1) is 0 Å². The lowest BCUT2D eigenvalue weighted by atomic mass is 10.1. The van der Waals surface area contributed by atoms with E-state index in [9.17, 15) is 5.11 Å². The summed E-state index contributed by atoms with van der Waals surface area (Å²) in [5.41, 5.74) is 8.12. The molecule has 0 spiro atoms. The Balaban J connectivity index is 1.96. The molecule has 112 valence electrons. The molecule has 2 atom stereocenters. The molecule has 5 nitrogen and oxygen atoms in total. The molecular weight excluding hydrogens is 286 g/mol. The van der Waals surface area contributed by atoms with Gasteiger partial charge in [-0.3, -0.25) is 0 Å². The standard InChI is InChI=1S/C15H19N3O2S/c1-10-7-18(8-12(9-19)20-10)15-13(14(16)17-21-15)11-5-3-2-4-6-11/h2-6,10,12,19H,7-9H2,1H3,(H2,16,17). The van der Waals surface area contributed by atoms with Crippen molar-refractivity contribution < 1.29 is 9.84 Å². The Bertz CT molecular complexity index is 602. The summed E-state index contributed by atoms with van der Waals surface area (Å²) < 4.78 is 10.0. The van der Waals surface area contributed by atoms with Gasteiger partial charge in [0.05, 0.1) is 24.4 Å². The highest BCUT2D eigenvalue weighted by molar-refractivity contribution is 7.11. The van der Waals surface area contributed by atoms with Gasteiger partial charge in [0, 0.05) is 13.1 Å². The van der Waals surface area contributed by atoms with Crippen molar-refractivity contribution in [2.45, 2.75) is 19.1 Å². The number of ether oxygens (including phenoxy) is 1. The zero-order chi connectivity index (χ0) is 14.8. The Labute approximate surface area is 128 Å². The van der Waals surface area contributed by atoms with Crippen LogP contribution >= 0.6 is 11.5 Å². The average Bonchev–Trinajstić information content (AvgIpc) is 2.89. The van der Waals surface area contributed by atoms with Crippen LogP contribution in [0.5, 0.6) is 0 Å². The van der Waals surface area contributed by atoms with Crippen molar-refractivity contribution in [2.24, 2.45) is 0 Å². The summed E-state index contributed by atoms with van der Waals surface area (Å²) in [5, 5.41) is 10.4. The van der Waals surface area contributed by atoms with Gasteiger partial charge in [-0.05, 0) is 24.0 Å². The minimum Gasteiger partial charge on any atom is -0.394 e. The van der Waals surface area contributed by atoms with Crippen LogP contribution in [-0.2, 0) is 4.74 Å².